The first kappa shape index (κ1) is 24.5. The molecule has 3 aromatic carbocycles. The standard InChI is InChI=1S/C26H20BrClN2O5/c1-33-25(31)22-23(29-30(24(22)26(32)34-2)19-9-4-3-5-10-19)20-14-18(28)11-12-21(20)35-15-16-7-6-8-17(27)13-16/h3-14H,15H2,1-2H3. The van der Waals surface area contributed by atoms with Crippen molar-refractivity contribution < 1.29 is 23.8 Å². The molecule has 1 heterocycles. The first-order chi connectivity index (χ1) is 16.9. The number of halogens is 2. The van der Waals surface area contributed by atoms with Crippen LogP contribution in [0, 0.1) is 0 Å². The van der Waals surface area contributed by atoms with Crippen LogP contribution in [0.2, 0.25) is 5.02 Å². The van der Waals surface area contributed by atoms with Crippen molar-refractivity contribution in [3.05, 3.63) is 99.1 Å². The number of hydrogen-bond donors (Lipinski definition) is 0. The fourth-order valence-electron chi connectivity index (χ4n) is 3.54. The van der Waals surface area contributed by atoms with Crippen molar-refractivity contribution in [3.8, 4) is 22.7 Å². The Bertz CT molecular complexity index is 1390. The molecule has 0 atom stereocenters. The number of nitrogens with zero attached hydrogens (tertiary/aromatic N) is 2. The molecule has 0 fully saturated rings. The molecule has 178 valence electrons. The van der Waals surface area contributed by atoms with Crippen LogP contribution < -0.4 is 4.74 Å². The average molecular weight is 556 g/mol. The lowest BCUT2D eigenvalue weighted by Gasteiger charge is -2.12. The molecule has 4 aromatic rings. The van der Waals surface area contributed by atoms with Crippen molar-refractivity contribution in [2.24, 2.45) is 0 Å². The highest BCUT2D eigenvalue weighted by atomic mass is 79.9. The topological polar surface area (TPSA) is 79.7 Å². The Hall–Kier alpha value is -3.62. The number of ether oxygens (including phenoxy) is 3. The third-order valence-electron chi connectivity index (χ3n) is 5.13. The largest absolute Gasteiger partial charge is 0.488 e. The average Bonchev–Trinajstić information content (AvgIpc) is 3.28. The van der Waals surface area contributed by atoms with Crippen molar-refractivity contribution in [1.29, 1.82) is 0 Å². The van der Waals surface area contributed by atoms with E-state index in [9.17, 15) is 9.59 Å². The number of methoxy groups -OCH3 is 2. The van der Waals surface area contributed by atoms with Crippen LogP contribution in [0.3, 0.4) is 0 Å². The molecule has 0 aliphatic heterocycles. The van der Waals surface area contributed by atoms with E-state index in [0.29, 0.717) is 22.0 Å². The van der Waals surface area contributed by atoms with Gasteiger partial charge in [-0.05, 0) is 48.0 Å². The summed E-state index contributed by atoms with van der Waals surface area (Å²) in [7, 11) is 2.47. The number of benzene rings is 3. The summed E-state index contributed by atoms with van der Waals surface area (Å²) < 4.78 is 18.4. The Labute approximate surface area is 215 Å². The zero-order valence-corrected chi connectivity index (χ0v) is 21.2. The van der Waals surface area contributed by atoms with Gasteiger partial charge in [0.2, 0.25) is 0 Å². The van der Waals surface area contributed by atoms with Gasteiger partial charge in [-0.15, -0.1) is 0 Å². The maximum absolute atomic E-state index is 12.9. The fourth-order valence-corrected chi connectivity index (χ4v) is 4.16. The predicted octanol–water partition coefficient (Wildman–Crippen LogP) is 6.11. The third kappa shape index (κ3) is 5.23. The Morgan fingerprint density at radius 2 is 1.69 bits per heavy atom. The second kappa shape index (κ2) is 10.8. The lowest BCUT2D eigenvalue weighted by atomic mass is 10.0. The Morgan fingerprint density at radius 1 is 0.943 bits per heavy atom. The van der Waals surface area contributed by atoms with Gasteiger partial charge in [-0.3, -0.25) is 0 Å². The van der Waals surface area contributed by atoms with E-state index < -0.39 is 11.9 Å². The van der Waals surface area contributed by atoms with Crippen LogP contribution in [0.15, 0.2) is 77.3 Å². The number of aromatic nitrogens is 2. The fraction of sp³-hybridized carbons (Fsp3) is 0.115. The molecule has 0 spiro atoms. The minimum atomic E-state index is -0.750. The van der Waals surface area contributed by atoms with E-state index in [4.69, 9.17) is 25.8 Å². The summed E-state index contributed by atoms with van der Waals surface area (Å²) in [6.45, 7) is 0.255. The summed E-state index contributed by atoms with van der Waals surface area (Å²) >= 11 is 9.77. The Balaban J connectivity index is 1.90. The van der Waals surface area contributed by atoms with E-state index >= 15 is 0 Å². The summed E-state index contributed by atoms with van der Waals surface area (Å²) in [6, 6.07) is 21.6. The summed E-state index contributed by atoms with van der Waals surface area (Å²) in [4.78, 5) is 25.8. The number of hydrogen-bond acceptors (Lipinski definition) is 6. The molecule has 0 amide bonds. The SMILES string of the molecule is COC(=O)c1c(-c2cc(Cl)ccc2OCc2cccc(Br)c2)nn(-c2ccccc2)c1C(=O)OC. The van der Waals surface area contributed by atoms with Gasteiger partial charge < -0.3 is 14.2 Å². The first-order valence-corrected chi connectivity index (χ1v) is 11.6. The number of carbonyl (C=O) groups is 2. The van der Waals surface area contributed by atoms with Crippen molar-refractivity contribution in [2.75, 3.05) is 14.2 Å². The number of para-hydroxylation sites is 1. The smallest absolute Gasteiger partial charge is 0.357 e. The quantitative estimate of drug-likeness (QED) is 0.256. The highest BCUT2D eigenvalue weighted by Gasteiger charge is 2.32. The van der Waals surface area contributed by atoms with Crippen molar-refractivity contribution in [3.63, 3.8) is 0 Å². The van der Waals surface area contributed by atoms with Crippen LogP contribution in [0.1, 0.15) is 26.4 Å². The van der Waals surface area contributed by atoms with Crippen molar-refractivity contribution in [1.82, 2.24) is 9.78 Å². The highest BCUT2D eigenvalue weighted by molar-refractivity contribution is 9.10. The Kier molecular flexibility index (Phi) is 7.53. The van der Waals surface area contributed by atoms with Gasteiger partial charge in [-0.25, -0.2) is 14.3 Å². The number of rotatable bonds is 7. The van der Waals surface area contributed by atoms with E-state index in [2.05, 4.69) is 21.0 Å². The lowest BCUT2D eigenvalue weighted by Crippen LogP contribution is -2.15. The zero-order chi connectivity index (χ0) is 24.9. The monoisotopic (exact) mass is 554 g/mol. The molecule has 0 bridgehead atoms. The molecule has 0 aliphatic carbocycles. The summed E-state index contributed by atoms with van der Waals surface area (Å²) in [5.41, 5.74) is 1.96. The highest BCUT2D eigenvalue weighted by Crippen LogP contribution is 2.37. The van der Waals surface area contributed by atoms with Crippen LogP contribution in [0.4, 0.5) is 0 Å². The minimum Gasteiger partial charge on any atom is -0.488 e. The molecule has 35 heavy (non-hydrogen) atoms. The maximum atomic E-state index is 12.9. The molecule has 0 saturated heterocycles. The van der Waals surface area contributed by atoms with Gasteiger partial charge in [0, 0.05) is 15.1 Å². The second-order valence-electron chi connectivity index (χ2n) is 7.36. The zero-order valence-electron chi connectivity index (χ0n) is 18.8. The van der Waals surface area contributed by atoms with E-state index in [1.54, 1.807) is 42.5 Å². The molecular weight excluding hydrogens is 536 g/mol. The van der Waals surface area contributed by atoms with Gasteiger partial charge >= 0.3 is 11.9 Å². The van der Waals surface area contributed by atoms with Gasteiger partial charge in [0.05, 0.1) is 19.9 Å². The molecule has 1 aromatic heterocycles. The van der Waals surface area contributed by atoms with Gasteiger partial charge in [0.1, 0.15) is 23.6 Å². The summed E-state index contributed by atoms with van der Waals surface area (Å²) in [5.74, 6) is -1.07. The summed E-state index contributed by atoms with van der Waals surface area (Å²) in [5, 5.41) is 5.03. The number of carbonyl (C=O) groups excluding carboxylic acids is 2. The molecular formula is C26H20BrClN2O5. The molecule has 0 N–H and O–H groups in total. The van der Waals surface area contributed by atoms with Gasteiger partial charge in [-0.2, -0.15) is 5.10 Å². The molecule has 0 saturated carbocycles. The lowest BCUT2D eigenvalue weighted by molar-refractivity contribution is 0.0549. The van der Waals surface area contributed by atoms with Gasteiger partial charge in [-0.1, -0.05) is 57.9 Å². The number of esters is 2. The van der Waals surface area contributed by atoms with E-state index in [1.807, 2.05) is 30.3 Å². The van der Waals surface area contributed by atoms with Gasteiger partial charge in [0.25, 0.3) is 0 Å². The molecule has 9 heteroatoms. The summed E-state index contributed by atoms with van der Waals surface area (Å²) in [6.07, 6.45) is 0. The molecule has 0 aliphatic rings. The Morgan fingerprint density at radius 3 is 2.37 bits per heavy atom. The first-order valence-electron chi connectivity index (χ1n) is 10.4. The molecule has 7 nitrogen and oxygen atoms in total. The van der Waals surface area contributed by atoms with Crippen LogP contribution in [-0.4, -0.2) is 35.9 Å². The second-order valence-corrected chi connectivity index (χ2v) is 8.71. The van der Waals surface area contributed by atoms with Crippen LogP contribution in [-0.2, 0) is 16.1 Å². The minimum absolute atomic E-state index is 0.0576. The molecule has 0 radical (unpaired) electrons. The van der Waals surface area contributed by atoms with E-state index in [0.717, 1.165) is 10.0 Å². The maximum Gasteiger partial charge on any atom is 0.357 e. The third-order valence-corrected chi connectivity index (χ3v) is 5.86. The molecule has 0 unspecified atom stereocenters. The van der Waals surface area contributed by atoms with Crippen LogP contribution in [0.25, 0.3) is 16.9 Å². The van der Waals surface area contributed by atoms with Crippen molar-refractivity contribution in [2.45, 2.75) is 6.61 Å². The van der Waals surface area contributed by atoms with E-state index in [-0.39, 0.29) is 23.6 Å². The van der Waals surface area contributed by atoms with Crippen LogP contribution in [0.5, 0.6) is 5.75 Å². The normalized spacial score (nSPS) is 10.6. The van der Waals surface area contributed by atoms with E-state index in [1.165, 1.54) is 18.9 Å². The predicted molar refractivity (Wildman–Crippen MR) is 135 cm³/mol. The molecule has 4 rings (SSSR count). The van der Waals surface area contributed by atoms with Crippen molar-refractivity contribution >= 4 is 39.5 Å². The van der Waals surface area contributed by atoms with Gasteiger partial charge in [0.15, 0.2) is 5.69 Å². The van der Waals surface area contributed by atoms with Crippen LogP contribution >= 0.6 is 27.5 Å².